The number of amides is 2. The number of aromatic nitrogens is 3. The number of hydrogen-bond acceptors (Lipinski definition) is 9. The van der Waals surface area contributed by atoms with Gasteiger partial charge in [-0.05, 0) is 69.7 Å². The molecule has 1 aliphatic rings. The van der Waals surface area contributed by atoms with Gasteiger partial charge in [0.05, 0.1) is 36.8 Å². The van der Waals surface area contributed by atoms with Crippen molar-refractivity contribution in [1.82, 2.24) is 19.4 Å². The van der Waals surface area contributed by atoms with E-state index in [2.05, 4.69) is 19.2 Å². The molecule has 3 heterocycles. The van der Waals surface area contributed by atoms with Crippen molar-refractivity contribution >= 4 is 34.9 Å². The number of alkyl carbamates (subject to hydrolysis) is 1. The first-order valence-corrected chi connectivity index (χ1v) is 16.2. The van der Waals surface area contributed by atoms with Gasteiger partial charge in [0.1, 0.15) is 17.5 Å². The monoisotopic (exact) mass is 663 g/mol. The molecule has 1 unspecified atom stereocenters. The number of ether oxygens (including phenoxy) is 3. The van der Waals surface area contributed by atoms with E-state index >= 15 is 0 Å². The van der Waals surface area contributed by atoms with Crippen LogP contribution in [0.5, 0.6) is 0 Å². The van der Waals surface area contributed by atoms with E-state index in [0.717, 1.165) is 12.0 Å². The predicted molar refractivity (Wildman–Crippen MR) is 179 cm³/mol. The van der Waals surface area contributed by atoms with Gasteiger partial charge in [-0.15, -0.1) is 0 Å². The van der Waals surface area contributed by atoms with E-state index in [-0.39, 0.29) is 38.0 Å². The Hall–Kier alpha value is -4.78. The highest BCUT2D eigenvalue weighted by molar-refractivity contribution is 5.90. The van der Waals surface area contributed by atoms with Gasteiger partial charge in [0.25, 0.3) is 5.56 Å². The van der Waals surface area contributed by atoms with Gasteiger partial charge in [-0.25, -0.2) is 19.1 Å². The molecule has 13 heteroatoms. The summed E-state index contributed by atoms with van der Waals surface area (Å²) < 4.78 is 19.1. The van der Waals surface area contributed by atoms with Crippen LogP contribution in [-0.2, 0) is 43.2 Å². The molecule has 3 N–H and O–H groups in total. The van der Waals surface area contributed by atoms with Crippen molar-refractivity contribution in [1.29, 1.82) is 0 Å². The lowest BCUT2D eigenvalue weighted by Gasteiger charge is -2.20. The standard InChI is InChI=1S/C35H45N5O8/c1-22(2)18-23-10-8-13-27-31(23)38-30(40(27)34(45)48-35(3,4)5)20-39-16-9-11-24(32(39)43)19-28(41)26(12-6-7-14-29(36)42)37-33(44)47-25-15-17-46-21-25/h7-11,13-14,16,22,25-26H,6,12,15,17-21H2,1-5H3,(H2,36,42)(H,37,44)/b14-7+/t25?,26-/m0/s1. The van der Waals surface area contributed by atoms with Crippen molar-refractivity contribution < 1.29 is 33.4 Å². The zero-order chi connectivity index (χ0) is 35.0. The Morgan fingerprint density at radius 1 is 1.15 bits per heavy atom. The van der Waals surface area contributed by atoms with Gasteiger partial charge in [0.15, 0.2) is 5.78 Å². The summed E-state index contributed by atoms with van der Waals surface area (Å²) in [6.45, 7) is 10.2. The number of carbonyl (C=O) groups excluding carboxylic acids is 4. The minimum Gasteiger partial charge on any atom is -0.444 e. The van der Waals surface area contributed by atoms with Crippen LogP contribution in [0.25, 0.3) is 11.0 Å². The van der Waals surface area contributed by atoms with Gasteiger partial charge in [0, 0.05) is 24.6 Å². The first kappa shape index (κ1) is 36.1. The number of allylic oxidation sites excluding steroid dienone is 1. The van der Waals surface area contributed by atoms with Gasteiger partial charge in [-0.3, -0.25) is 14.4 Å². The third-order valence-electron chi connectivity index (χ3n) is 7.56. The van der Waals surface area contributed by atoms with Crippen LogP contribution < -0.4 is 16.6 Å². The van der Waals surface area contributed by atoms with Gasteiger partial charge in [0.2, 0.25) is 5.91 Å². The number of imidazole rings is 1. The molecule has 13 nitrogen and oxygen atoms in total. The Bertz CT molecular complexity index is 1730. The highest BCUT2D eigenvalue weighted by Gasteiger charge is 2.27. The van der Waals surface area contributed by atoms with E-state index in [9.17, 15) is 24.0 Å². The van der Waals surface area contributed by atoms with Crippen LogP contribution in [0.3, 0.4) is 0 Å². The van der Waals surface area contributed by atoms with Crippen LogP contribution >= 0.6 is 0 Å². The van der Waals surface area contributed by atoms with Crippen molar-refractivity contribution in [3.63, 3.8) is 0 Å². The highest BCUT2D eigenvalue weighted by atomic mass is 16.6. The maximum absolute atomic E-state index is 13.7. The molecule has 3 aromatic rings. The molecule has 1 fully saturated rings. The van der Waals surface area contributed by atoms with Crippen molar-refractivity contribution in [2.45, 2.75) is 91.0 Å². The first-order chi connectivity index (χ1) is 22.7. The number of Topliss-reactive ketones (excluding diaryl/α,β-unsaturated/α-hetero) is 1. The second-order valence-electron chi connectivity index (χ2n) is 13.3. The van der Waals surface area contributed by atoms with Crippen molar-refractivity contribution in [3.8, 4) is 0 Å². The van der Waals surface area contributed by atoms with E-state index in [0.29, 0.717) is 35.8 Å². The summed E-state index contributed by atoms with van der Waals surface area (Å²) in [5, 5.41) is 2.61. The Kier molecular flexibility index (Phi) is 11.9. The maximum atomic E-state index is 13.7. The Morgan fingerprint density at radius 2 is 1.90 bits per heavy atom. The van der Waals surface area contributed by atoms with E-state index in [1.807, 2.05) is 12.1 Å². The highest BCUT2D eigenvalue weighted by Crippen LogP contribution is 2.24. The van der Waals surface area contributed by atoms with E-state index < -0.39 is 47.2 Å². The van der Waals surface area contributed by atoms with Gasteiger partial charge in [-0.1, -0.05) is 38.1 Å². The average Bonchev–Trinajstić information content (AvgIpc) is 3.63. The summed E-state index contributed by atoms with van der Waals surface area (Å²) >= 11 is 0. The molecule has 4 rings (SSSR count). The third-order valence-corrected chi connectivity index (χ3v) is 7.56. The van der Waals surface area contributed by atoms with E-state index in [1.54, 1.807) is 45.2 Å². The smallest absolute Gasteiger partial charge is 0.420 e. The molecule has 0 saturated carbocycles. The molecule has 1 saturated heterocycles. The lowest BCUT2D eigenvalue weighted by atomic mass is 10.0. The molecule has 1 aliphatic heterocycles. The van der Waals surface area contributed by atoms with Crippen molar-refractivity contribution in [3.05, 3.63) is 76.0 Å². The quantitative estimate of drug-likeness (QED) is 0.256. The van der Waals surface area contributed by atoms with Crippen LogP contribution in [0.15, 0.2) is 53.5 Å². The van der Waals surface area contributed by atoms with Crippen LogP contribution in [-0.4, -0.2) is 69.0 Å². The number of pyridine rings is 1. The Morgan fingerprint density at radius 3 is 2.56 bits per heavy atom. The molecule has 2 atom stereocenters. The summed E-state index contributed by atoms with van der Waals surface area (Å²) in [4.78, 5) is 69.3. The topological polar surface area (TPSA) is 174 Å². The predicted octanol–water partition coefficient (Wildman–Crippen LogP) is 4.05. The molecule has 1 aromatic carbocycles. The molecule has 0 radical (unpaired) electrons. The summed E-state index contributed by atoms with van der Waals surface area (Å²) in [6, 6.07) is 7.83. The molecule has 0 aliphatic carbocycles. The van der Waals surface area contributed by atoms with Crippen molar-refractivity contribution in [2.24, 2.45) is 11.7 Å². The molecular formula is C35H45N5O8. The van der Waals surface area contributed by atoms with Crippen molar-refractivity contribution in [2.75, 3.05) is 13.2 Å². The van der Waals surface area contributed by atoms with Gasteiger partial charge < -0.3 is 29.8 Å². The molecule has 258 valence electrons. The number of nitrogens with zero attached hydrogens (tertiary/aromatic N) is 3. The number of fused-ring (bicyclic) bond motifs is 1. The summed E-state index contributed by atoms with van der Waals surface area (Å²) in [5.74, 6) is -0.400. The minimum atomic E-state index is -0.999. The number of primary amides is 1. The van der Waals surface area contributed by atoms with E-state index in [4.69, 9.17) is 24.9 Å². The SMILES string of the molecule is CC(C)Cc1cccc2c1nc(Cn1cccc(CC(=O)[C@H](CC/C=C/C(N)=O)NC(=O)OC3CCOC3)c1=O)n2C(=O)OC(C)(C)C. The molecule has 0 bridgehead atoms. The van der Waals surface area contributed by atoms with Gasteiger partial charge in [-0.2, -0.15) is 0 Å². The molecular weight excluding hydrogens is 618 g/mol. The fourth-order valence-electron chi connectivity index (χ4n) is 5.45. The fourth-order valence-corrected chi connectivity index (χ4v) is 5.45. The number of nitrogens with two attached hydrogens (primary N) is 1. The zero-order valence-corrected chi connectivity index (χ0v) is 28.2. The number of ketones is 1. The maximum Gasteiger partial charge on any atom is 0.420 e. The summed E-state index contributed by atoms with van der Waals surface area (Å²) in [6.07, 6.45) is 3.90. The number of para-hydroxylation sites is 1. The normalized spacial score (nSPS) is 15.6. The molecule has 0 spiro atoms. The summed E-state index contributed by atoms with van der Waals surface area (Å²) in [7, 11) is 0. The minimum absolute atomic E-state index is 0.0642. The summed E-state index contributed by atoms with van der Waals surface area (Å²) in [5.41, 5.74) is 6.35. The number of nitrogens with one attached hydrogen (secondary N) is 1. The second-order valence-corrected chi connectivity index (χ2v) is 13.3. The van der Waals surface area contributed by atoms with Crippen LogP contribution in [0, 0.1) is 5.92 Å². The largest absolute Gasteiger partial charge is 0.444 e. The van der Waals surface area contributed by atoms with Crippen LogP contribution in [0.2, 0.25) is 0 Å². The third kappa shape index (κ3) is 9.86. The number of carbonyl (C=O) groups is 4. The lowest BCUT2D eigenvalue weighted by molar-refractivity contribution is -0.120. The first-order valence-electron chi connectivity index (χ1n) is 16.2. The Balaban J connectivity index is 1.61. The zero-order valence-electron chi connectivity index (χ0n) is 28.2. The molecule has 2 amide bonds. The van der Waals surface area contributed by atoms with Gasteiger partial charge >= 0.3 is 12.2 Å². The molecule has 2 aromatic heterocycles. The number of rotatable bonds is 13. The molecule has 48 heavy (non-hydrogen) atoms. The number of hydrogen-bond donors (Lipinski definition) is 2. The fraction of sp³-hybridized carbons (Fsp3) is 0.486. The van der Waals surface area contributed by atoms with Crippen LogP contribution in [0.4, 0.5) is 9.59 Å². The van der Waals surface area contributed by atoms with Crippen LogP contribution in [0.1, 0.15) is 70.8 Å². The van der Waals surface area contributed by atoms with E-state index in [1.165, 1.54) is 21.3 Å². The number of benzene rings is 1. The Labute approximate surface area is 279 Å². The second kappa shape index (κ2) is 15.9. The average molecular weight is 664 g/mol. The lowest BCUT2D eigenvalue weighted by Crippen LogP contribution is -2.43.